The lowest BCUT2D eigenvalue weighted by Crippen LogP contribution is -2.44. The molecule has 0 aliphatic carbocycles. The molecule has 0 fully saturated rings. The Bertz CT molecular complexity index is 1370. The van der Waals surface area contributed by atoms with Crippen molar-refractivity contribution in [3.05, 3.63) is 92.9 Å². The lowest BCUT2D eigenvalue weighted by Gasteiger charge is -2.35. The van der Waals surface area contributed by atoms with Crippen molar-refractivity contribution >= 4 is 17.5 Å². The summed E-state index contributed by atoms with van der Waals surface area (Å²) in [5.74, 6) is -3.72. The molecule has 2 aliphatic rings. The van der Waals surface area contributed by atoms with Gasteiger partial charge in [-0.25, -0.2) is 8.78 Å². The smallest absolute Gasteiger partial charge is 0.279 e. The van der Waals surface area contributed by atoms with Crippen molar-refractivity contribution in [1.82, 2.24) is 9.88 Å². The number of hydrogen-bond donors (Lipinski definition) is 2. The van der Waals surface area contributed by atoms with Gasteiger partial charge in [0.05, 0.1) is 6.04 Å². The molecule has 2 N–H and O–H groups in total. The minimum absolute atomic E-state index is 0.0411. The number of rotatable bonds is 3. The van der Waals surface area contributed by atoms with Gasteiger partial charge in [0.1, 0.15) is 17.2 Å². The number of para-hydroxylation sites is 1. The molecule has 0 radical (unpaired) electrons. The second-order valence-electron chi connectivity index (χ2n) is 8.13. The molecule has 5 rings (SSSR count). The summed E-state index contributed by atoms with van der Waals surface area (Å²) in [7, 11) is 0. The van der Waals surface area contributed by atoms with Crippen molar-refractivity contribution in [2.45, 2.75) is 25.4 Å². The predicted octanol–water partition coefficient (Wildman–Crippen LogP) is 2.91. The van der Waals surface area contributed by atoms with E-state index in [1.54, 1.807) is 4.90 Å². The fourth-order valence-electron chi connectivity index (χ4n) is 4.47. The van der Waals surface area contributed by atoms with Gasteiger partial charge in [-0.15, -0.1) is 0 Å². The number of pyridine rings is 1. The Hall–Kier alpha value is -4.01. The maximum Gasteiger partial charge on any atom is 0.279 e. The first-order valence-corrected chi connectivity index (χ1v) is 10.4. The van der Waals surface area contributed by atoms with Crippen LogP contribution in [-0.4, -0.2) is 28.0 Å². The Balaban J connectivity index is 1.49. The monoisotopic (exact) mass is 451 g/mol. The Kier molecular flexibility index (Phi) is 4.96. The third-order valence-electron chi connectivity index (χ3n) is 6.17. The zero-order valence-corrected chi connectivity index (χ0v) is 17.3. The first kappa shape index (κ1) is 20.9. The molecule has 3 heterocycles. The lowest BCUT2D eigenvalue weighted by atomic mass is 10.0. The number of amides is 2. The van der Waals surface area contributed by atoms with E-state index in [-0.39, 0.29) is 29.4 Å². The Morgan fingerprint density at radius 2 is 1.94 bits per heavy atom. The predicted molar refractivity (Wildman–Crippen MR) is 115 cm³/mol. The van der Waals surface area contributed by atoms with Crippen molar-refractivity contribution in [3.63, 3.8) is 0 Å². The number of carbonyl (C=O) groups excluding carboxylic acids is 2. The summed E-state index contributed by atoms with van der Waals surface area (Å²) in [6.45, 7) is 0.0609. The van der Waals surface area contributed by atoms with Gasteiger partial charge in [-0.2, -0.15) is 0 Å². The fraction of sp³-hybridized carbons (Fsp3) is 0.208. The molecule has 1 aromatic heterocycles. The molecule has 9 heteroatoms. The number of halogens is 2. The second kappa shape index (κ2) is 7.84. The highest BCUT2D eigenvalue weighted by atomic mass is 19.1. The van der Waals surface area contributed by atoms with E-state index in [1.165, 1.54) is 16.8 Å². The van der Waals surface area contributed by atoms with Gasteiger partial charge in [0.15, 0.2) is 11.4 Å². The van der Waals surface area contributed by atoms with Crippen LogP contribution in [0.5, 0.6) is 5.75 Å². The quantitative estimate of drug-likeness (QED) is 0.641. The lowest BCUT2D eigenvalue weighted by molar-refractivity contribution is 0.0929. The molecule has 2 amide bonds. The summed E-state index contributed by atoms with van der Waals surface area (Å²) in [6, 6.07) is 10.2. The van der Waals surface area contributed by atoms with Crippen LogP contribution in [0.2, 0.25) is 0 Å². The van der Waals surface area contributed by atoms with Crippen LogP contribution in [-0.2, 0) is 13.0 Å². The highest BCUT2D eigenvalue weighted by molar-refractivity contribution is 6.08. The summed E-state index contributed by atoms with van der Waals surface area (Å²) in [4.78, 5) is 40.3. The normalized spacial score (nSPS) is 16.6. The fourth-order valence-corrected chi connectivity index (χ4v) is 4.47. The third kappa shape index (κ3) is 3.45. The number of aromatic nitrogens is 1. The third-order valence-corrected chi connectivity index (χ3v) is 6.17. The van der Waals surface area contributed by atoms with Crippen molar-refractivity contribution in [1.29, 1.82) is 0 Å². The molecular weight excluding hydrogens is 432 g/mol. The molecule has 3 aromatic rings. The van der Waals surface area contributed by atoms with Gasteiger partial charge in [0.25, 0.3) is 11.8 Å². The zero-order chi connectivity index (χ0) is 23.3. The van der Waals surface area contributed by atoms with E-state index >= 15 is 0 Å². The highest BCUT2D eigenvalue weighted by Crippen LogP contribution is 2.37. The van der Waals surface area contributed by atoms with E-state index in [0.29, 0.717) is 25.5 Å². The first-order valence-electron chi connectivity index (χ1n) is 10.4. The van der Waals surface area contributed by atoms with Gasteiger partial charge in [-0.05, 0) is 30.5 Å². The molecule has 0 unspecified atom stereocenters. The van der Waals surface area contributed by atoms with Crippen LogP contribution in [0.15, 0.2) is 53.5 Å². The Labute approximate surface area is 186 Å². The maximum absolute atomic E-state index is 13.9. The number of aromatic hydroxyl groups is 1. The van der Waals surface area contributed by atoms with Gasteiger partial charge in [0, 0.05) is 36.6 Å². The molecule has 2 aromatic carbocycles. The minimum Gasteiger partial charge on any atom is -0.503 e. The maximum atomic E-state index is 13.9. The molecule has 2 bridgehead atoms. The Morgan fingerprint density at radius 3 is 2.73 bits per heavy atom. The van der Waals surface area contributed by atoms with E-state index in [9.17, 15) is 28.3 Å². The molecule has 0 saturated carbocycles. The van der Waals surface area contributed by atoms with Gasteiger partial charge < -0.3 is 19.9 Å². The standard InChI is InChI=1S/C24H19F2N3O4/c25-15-7-5-14(18(26)9-15)10-27-23(32)17-12-28-16-8-6-13-3-1-2-4-19(13)29(11-16)24(33)20(28)22(31)21(17)30/h1-5,7,9,12,16,31H,6,8,10-11H2,(H,27,32)/t16-/m0/s1. The molecule has 0 saturated heterocycles. The topological polar surface area (TPSA) is 91.6 Å². The van der Waals surface area contributed by atoms with E-state index in [0.717, 1.165) is 17.3 Å². The molecule has 2 aliphatic heterocycles. The number of hydrogen-bond acceptors (Lipinski definition) is 4. The number of carbonyl (C=O) groups is 2. The number of fused-ring (bicyclic) bond motifs is 6. The number of nitrogens with zero attached hydrogens (tertiary/aromatic N) is 2. The summed E-state index contributed by atoms with van der Waals surface area (Å²) in [5.41, 5.74) is 0.268. The summed E-state index contributed by atoms with van der Waals surface area (Å²) in [6.07, 6.45) is 2.60. The Morgan fingerprint density at radius 1 is 1.15 bits per heavy atom. The van der Waals surface area contributed by atoms with Gasteiger partial charge in [-0.3, -0.25) is 14.4 Å². The largest absolute Gasteiger partial charge is 0.503 e. The van der Waals surface area contributed by atoms with Gasteiger partial charge >= 0.3 is 0 Å². The van der Waals surface area contributed by atoms with Gasteiger partial charge in [-0.1, -0.05) is 24.3 Å². The van der Waals surface area contributed by atoms with Crippen LogP contribution in [0, 0.1) is 11.6 Å². The van der Waals surface area contributed by atoms with Crippen LogP contribution in [0.3, 0.4) is 0 Å². The molecule has 168 valence electrons. The molecule has 33 heavy (non-hydrogen) atoms. The van der Waals surface area contributed by atoms with E-state index in [4.69, 9.17) is 0 Å². The van der Waals surface area contributed by atoms with Gasteiger partial charge in [0.2, 0.25) is 5.43 Å². The average molecular weight is 451 g/mol. The molecule has 7 nitrogen and oxygen atoms in total. The summed E-state index contributed by atoms with van der Waals surface area (Å²) >= 11 is 0. The van der Waals surface area contributed by atoms with Crippen LogP contribution < -0.4 is 15.6 Å². The van der Waals surface area contributed by atoms with E-state index in [2.05, 4.69) is 5.32 Å². The average Bonchev–Trinajstić information content (AvgIpc) is 2.97. The number of anilines is 1. The minimum atomic E-state index is -0.986. The summed E-state index contributed by atoms with van der Waals surface area (Å²) < 4.78 is 28.5. The van der Waals surface area contributed by atoms with E-state index < -0.39 is 34.6 Å². The zero-order valence-electron chi connectivity index (χ0n) is 17.3. The van der Waals surface area contributed by atoms with E-state index in [1.807, 2.05) is 24.3 Å². The van der Waals surface area contributed by atoms with Crippen LogP contribution in [0.1, 0.15) is 44.4 Å². The van der Waals surface area contributed by atoms with Crippen molar-refractivity contribution < 1.29 is 23.5 Å². The van der Waals surface area contributed by atoms with Crippen molar-refractivity contribution in [2.75, 3.05) is 11.4 Å². The van der Waals surface area contributed by atoms with Crippen LogP contribution >= 0.6 is 0 Å². The number of benzene rings is 2. The SMILES string of the molecule is O=C(NCc1ccc(F)cc1F)c1cn2c(c(O)c1=O)C(=O)N1C[C@@H]2CCc2ccccc21. The van der Waals surface area contributed by atoms with Crippen LogP contribution in [0.25, 0.3) is 0 Å². The number of aryl methyl sites for hydroxylation is 1. The number of nitrogens with one attached hydrogen (secondary N) is 1. The van der Waals surface area contributed by atoms with Crippen molar-refractivity contribution in [2.24, 2.45) is 0 Å². The van der Waals surface area contributed by atoms with Crippen molar-refractivity contribution in [3.8, 4) is 5.75 Å². The molecule has 0 spiro atoms. The molecule has 1 atom stereocenters. The molecular formula is C24H19F2N3O4. The highest BCUT2D eigenvalue weighted by Gasteiger charge is 2.38. The van der Waals surface area contributed by atoms with Crippen LogP contribution in [0.4, 0.5) is 14.5 Å². The first-order chi connectivity index (χ1) is 15.8. The summed E-state index contributed by atoms with van der Waals surface area (Å²) in [5, 5.41) is 13.1. The second-order valence-corrected chi connectivity index (χ2v) is 8.13.